The minimum absolute atomic E-state index is 0.162. The summed E-state index contributed by atoms with van der Waals surface area (Å²) < 4.78 is 0. The molecular weight excluding hydrogens is 248 g/mol. The van der Waals surface area contributed by atoms with E-state index in [9.17, 15) is 4.79 Å². The largest absolute Gasteiger partial charge is 0.352 e. The summed E-state index contributed by atoms with van der Waals surface area (Å²) in [5, 5.41) is 6.58. The molecule has 110 valence electrons. The molecule has 0 bridgehead atoms. The van der Waals surface area contributed by atoms with Crippen LogP contribution in [0.5, 0.6) is 0 Å². The number of carbonyl (C=O) groups excluding carboxylic acids is 1. The Bertz CT molecular complexity index is 464. The summed E-state index contributed by atoms with van der Waals surface area (Å²) in [5.41, 5.74) is 2.27. The lowest BCUT2D eigenvalue weighted by atomic mass is 9.92. The van der Waals surface area contributed by atoms with Crippen molar-refractivity contribution in [2.24, 2.45) is 0 Å². The van der Waals surface area contributed by atoms with Crippen molar-refractivity contribution in [3.8, 4) is 0 Å². The van der Waals surface area contributed by atoms with E-state index in [1.54, 1.807) is 0 Å². The number of carbonyl (C=O) groups is 1. The number of benzene rings is 1. The van der Waals surface area contributed by atoms with Crippen LogP contribution in [0.25, 0.3) is 0 Å². The maximum atomic E-state index is 12.5. The van der Waals surface area contributed by atoms with Gasteiger partial charge in [-0.2, -0.15) is 0 Å². The molecule has 1 amide bonds. The smallest absolute Gasteiger partial charge is 0.240 e. The van der Waals surface area contributed by atoms with E-state index in [4.69, 9.17) is 0 Å². The van der Waals surface area contributed by atoms with Gasteiger partial charge in [-0.1, -0.05) is 31.2 Å². The summed E-state index contributed by atoms with van der Waals surface area (Å²) in [6.45, 7) is 7.25. The molecule has 1 aromatic rings. The average molecular weight is 274 g/mol. The lowest BCUT2D eigenvalue weighted by Crippen LogP contribution is -2.55. The van der Waals surface area contributed by atoms with Gasteiger partial charge in [0.15, 0.2) is 0 Å². The fourth-order valence-electron chi connectivity index (χ4n) is 3.04. The van der Waals surface area contributed by atoms with Crippen LogP contribution < -0.4 is 10.6 Å². The SMILES string of the molecule is CCC1(C(=O)NC(C)Cc2ccccc2C)CCCN1. The number of rotatable bonds is 5. The fraction of sp³-hybridized carbons (Fsp3) is 0.588. The maximum absolute atomic E-state index is 12.5. The third kappa shape index (κ3) is 3.21. The van der Waals surface area contributed by atoms with Crippen molar-refractivity contribution in [2.75, 3.05) is 6.54 Å². The predicted octanol–water partition coefficient (Wildman–Crippen LogP) is 2.57. The zero-order chi connectivity index (χ0) is 14.6. The van der Waals surface area contributed by atoms with Gasteiger partial charge >= 0.3 is 0 Å². The summed E-state index contributed by atoms with van der Waals surface area (Å²) in [6, 6.07) is 8.53. The molecule has 0 spiro atoms. The number of hydrogen-bond acceptors (Lipinski definition) is 2. The van der Waals surface area contributed by atoms with Crippen molar-refractivity contribution in [3.05, 3.63) is 35.4 Å². The normalized spacial score (nSPS) is 23.6. The monoisotopic (exact) mass is 274 g/mol. The van der Waals surface area contributed by atoms with Gasteiger partial charge in [-0.05, 0) is 57.2 Å². The standard InChI is InChI=1S/C17H26N2O/c1-4-17(10-7-11-18-17)16(20)19-14(3)12-15-9-6-5-8-13(15)2/h5-6,8-9,14,18H,4,7,10-12H2,1-3H3,(H,19,20). The highest BCUT2D eigenvalue weighted by Gasteiger charge is 2.39. The van der Waals surface area contributed by atoms with Gasteiger partial charge in [-0.15, -0.1) is 0 Å². The molecule has 1 fully saturated rings. The minimum Gasteiger partial charge on any atom is -0.352 e. The van der Waals surface area contributed by atoms with E-state index in [1.165, 1.54) is 11.1 Å². The van der Waals surface area contributed by atoms with Crippen molar-refractivity contribution in [3.63, 3.8) is 0 Å². The molecule has 2 N–H and O–H groups in total. The van der Waals surface area contributed by atoms with Crippen molar-refractivity contribution >= 4 is 5.91 Å². The van der Waals surface area contributed by atoms with E-state index in [0.717, 1.165) is 32.2 Å². The number of nitrogens with one attached hydrogen (secondary N) is 2. The molecule has 1 aliphatic rings. The Morgan fingerprint density at radius 1 is 1.45 bits per heavy atom. The van der Waals surface area contributed by atoms with E-state index < -0.39 is 0 Å². The molecular formula is C17H26N2O. The van der Waals surface area contributed by atoms with Crippen LogP contribution in [0.2, 0.25) is 0 Å². The zero-order valence-corrected chi connectivity index (χ0v) is 12.8. The molecule has 0 aliphatic carbocycles. The summed E-state index contributed by atoms with van der Waals surface area (Å²) in [6.07, 6.45) is 3.79. The van der Waals surface area contributed by atoms with Gasteiger partial charge < -0.3 is 10.6 Å². The van der Waals surface area contributed by atoms with Crippen LogP contribution in [0.15, 0.2) is 24.3 Å². The molecule has 3 nitrogen and oxygen atoms in total. The van der Waals surface area contributed by atoms with Gasteiger partial charge in [0.05, 0.1) is 5.54 Å². The molecule has 0 saturated carbocycles. The Kier molecular flexibility index (Phi) is 4.81. The first-order valence-electron chi connectivity index (χ1n) is 7.68. The van der Waals surface area contributed by atoms with E-state index >= 15 is 0 Å². The van der Waals surface area contributed by atoms with Gasteiger partial charge in [-0.25, -0.2) is 0 Å². The summed E-state index contributed by atoms with van der Waals surface area (Å²) in [5.74, 6) is 0.165. The van der Waals surface area contributed by atoms with Crippen LogP contribution in [0, 0.1) is 6.92 Å². The Morgan fingerprint density at radius 2 is 2.20 bits per heavy atom. The Morgan fingerprint density at radius 3 is 2.80 bits per heavy atom. The quantitative estimate of drug-likeness (QED) is 0.866. The highest BCUT2D eigenvalue weighted by molar-refractivity contribution is 5.86. The molecule has 1 heterocycles. The van der Waals surface area contributed by atoms with Crippen LogP contribution in [0.4, 0.5) is 0 Å². The Balaban J connectivity index is 1.96. The second-order valence-electron chi connectivity index (χ2n) is 5.97. The Labute approximate surface area is 122 Å². The maximum Gasteiger partial charge on any atom is 0.240 e. The number of hydrogen-bond donors (Lipinski definition) is 2. The van der Waals surface area contributed by atoms with E-state index in [2.05, 4.69) is 55.7 Å². The van der Waals surface area contributed by atoms with Crippen LogP contribution in [-0.4, -0.2) is 24.0 Å². The molecule has 3 heteroatoms. The highest BCUT2D eigenvalue weighted by Crippen LogP contribution is 2.23. The van der Waals surface area contributed by atoms with Crippen molar-refractivity contribution in [1.29, 1.82) is 0 Å². The summed E-state index contributed by atoms with van der Waals surface area (Å²) in [4.78, 5) is 12.5. The first kappa shape index (κ1) is 15.0. The van der Waals surface area contributed by atoms with Gasteiger partial charge in [-0.3, -0.25) is 4.79 Å². The lowest BCUT2D eigenvalue weighted by Gasteiger charge is -2.29. The number of aryl methyl sites for hydroxylation is 1. The third-order valence-electron chi connectivity index (χ3n) is 4.45. The minimum atomic E-state index is -0.333. The first-order valence-corrected chi connectivity index (χ1v) is 7.68. The molecule has 1 saturated heterocycles. The molecule has 20 heavy (non-hydrogen) atoms. The summed E-state index contributed by atoms with van der Waals surface area (Å²) in [7, 11) is 0. The van der Waals surface area contributed by atoms with Crippen LogP contribution in [0.1, 0.15) is 44.2 Å². The highest BCUT2D eigenvalue weighted by atomic mass is 16.2. The van der Waals surface area contributed by atoms with Gasteiger partial charge in [0.1, 0.15) is 0 Å². The third-order valence-corrected chi connectivity index (χ3v) is 4.45. The van der Waals surface area contributed by atoms with E-state index in [0.29, 0.717) is 0 Å². The van der Waals surface area contributed by atoms with Crippen LogP contribution in [0.3, 0.4) is 0 Å². The van der Waals surface area contributed by atoms with Crippen molar-refractivity contribution in [2.45, 2.75) is 58.0 Å². The molecule has 2 unspecified atom stereocenters. The topological polar surface area (TPSA) is 41.1 Å². The fourth-order valence-corrected chi connectivity index (χ4v) is 3.04. The zero-order valence-electron chi connectivity index (χ0n) is 12.8. The van der Waals surface area contributed by atoms with Gasteiger partial charge in [0, 0.05) is 6.04 Å². The van der Waals surface area contributed by atoms with E-state index in [-0.39, 0.29) is 17.5 Å². The second kappa shape index (κ2) is 6.40. The van der Waals surface area contributed by atoms with Crippen LogP contribution in [-0.2, 0) is 11.2 Å². The lowest BCUT2D eigenvalue weighted by molar-refractivity contribution is -0.127. The first-order chi connectivity index (χ1) is 9.57. The van der Waals surface area contributed by atoms with Gasteiger partial charge in [0.25, 0.3) is 0 Å². The molecule has 1 aliphatic heterocycles. The molecule has 2 rings (SSSR count). The second-order valence-corrected chi connectivity index (χ2v) is 5.97. The molecule has 2 atom stereocenters. The molecule has 0 radical (unpaired) electrons. The van der Waals surface area contributed by atoms with E-state index in [1.807, 2.05) is 0 Å². The summed E-state index contributed by atoms with van der Waals surface area (Å²) >= 11 is 0. The van der Waals surface area contributed by atoms with Gasteiger partial charge in [0.2, 0.25) is 5.91 Å². The molecule has 0 aromatic heterocycles. The number of amides is 1. The Hall–Kier alpha value is -1.35. The van der Waals surface area contributed by atoms with Crippen LogP contribution >= 0.6 is 0 Å². The molecule has 1 aromatic carbocycles. The average Bonchev–Trinajstić information content (AvgIpc) is 2.91. The van der Waals surface area contributed by atoms with Crippen molar-refractivity contribution in [1.82, 2.24) is 10.6 Å². The predicted molar refractivity (Wildman–Crippen MR) is 82.7 cm³/mol. The van der Waals surface area contributed by atoms with Crippen molar-refractivity contribution < 1.29 is 4.79 Å².